The third kappa shape index (κ3) is 6.57. The van der Waals surface area contributed by atoms with E-state index in [1.807, 2.05) is 0 Å². The first-order valence-electron chi connectivity index (χ1n) is 8.59. The summed E-state index contributed by atoms with van der Waals surface area (Å²) in [7, 11) is 0. The van der Waals surface area contributed by atoms with Crippen LogP contribution in [0.2, 0.25) is 0 Å². The highest BCUT2D eigenvalue weighted by Crippen LogP contribution is 2.22. The molecule has 0 fully saturated rings. The number of nitrogens with one attached hydrogen (secondary N) is 2. The number of aromatic nitrogens is 4. The fourth-order valence-corrected chi connectivity index (χ4v) is 2.95. The van der Waals surface area contributed by atoms with Gasteiger partial charge in [0.05, 0.1) is 19.0 Å². The molecule has 0 unspecified atom stereocenters. The Bertz CT molecular complexity index is 955. The second kappa shape index (κ2) is 10.6. The third-order valence-corrected chi connectivity index (χ3v) is 4.19. The monoisotopic (exact) mass is 427 g/mol. The van der Waals surface area contributed by atoms with Crippen LogP contribution in [0.25, 0.3) is 11.2 Å². The Balaban J connectivity index is 2.29. The van der Waals surface area contributed by atoms with Gasteiger partial charge in [-0.15, -0.1) is 0 Å². The normalized spacial score (nSPS) is 10.7. The summed E-state index contributed by atoms with van der Waals surface area (Å²) in [4.78, 5) is 56.9. The minimum atomic E-state index is -0.560. The van der Waals surface area contributed by atoms with Crippen LogP contribution in [0, 0.1) is 0 Å². The van der Waals surface area contributed by atoms with Gasteiger partial charge >= 0.3 is 11.9 Å². The smallest absolute Gasteiger partial charge is 0.316 e. The van der Waals surface area contributed by atoms with Crippen molar-refractivity contribution in [3.63, 3.8) is 0 Å². The molecule has 13 heteroatoms. The molecule has 0 saturated carbocycles. The predicted octanol–water partition coefficient (Wildman–Crippen LogP) is 0.270. The fourth-order valence-electron chi connectivity index (χ4n) is 2.17. The van der Waals surface area contributed by atoms with Crippen LogP contribution in [0.15, 0.2) is 9.95 Å². The SMILES string of the molecule is CCOC(=O)CSc1nc2c(=O)[nH]c(NC(C)=O)nc2n1COCCOC(C)=O. The minimum Gasteiger partial charge on any atom is -0.465 e. The van der Waals surface area contributed by atoms with Crippen molar-refractivity contribution in [2.45, 2.75) is 32.7 Å². The van der Waals surface area contributed by atoms with E-state index in [0.717, 1.165) is 11.8 Å². The Morgan fingerprint density at radius 1 is 1.17 bits per heavy atom. The van der Waals surface area contributed by atoms with Gasteiger partial charge in [-0.1, -0.05) is 11.8 Å². The maximum atomic E-state index is 12.3. The van der Waals surface area contributed by atoms with E-state index in [1.54, 1.807) is 6.92 Å². The van der Waals surface area contributed by atoms with Gasteiger partial charge in [0.2, 0.25) is 11.9 Å². The zero-order chi connectivity index (χ0) is 21.4. The molecule has 0 aliphatic rings. The summed E-state index contributed by atoms with van der Waals surface area (Å²) in [5, 5.41) is 2.71. The number of thioether (sulfide) groups is 1. The number of imidazole rings is 1. The van der Waals surface area contributed by atoms with Gasteiger partial charge in [-0.25, -0.2) is 4.98 Å². The van der Waals surface area contributed by atoms with Gasteiger partial charge in [0.1, 0.15) is 13.3 Å². The lowest BCUT2D eigenvalue weighted by Gasteiger charge is -2.10. The molecular formula is C16H21N5O7S. The molecule has 0 radical (unpaired) electrons. The molecule has 0 bridgehead atoms. The molecule has 0 aromatic carbocycles. The van der Waals surface area contributed by atoms with Crippen molar-refractivity contribution in [1.82, 2.24) is 19.5 Å². The van der Waals surface area contributed by atoms with Gasteiger partial charge in [-0.2, -0.15) is 4.98 Å². The van der Waals surface area contributed by atoms with Crippen LogP contribution in [0.3, 0.4) is 0 Å². The molecule has 2 aromatic rings. The zero-order valence-corrected chi connectivity index (χ0v) is 17.0. The molecule has 1 amide bonds. The van der Waals surface area contributed by atoms with Crippen LogP contribution < -0.4 is 10.9 Å². The van der Waals surface area contributed by atoms with Crippen molar-refractivity contribution in [2.24, 2.45) is 0 Å². The summed E-state index contributed by atoms with van der Waals surface area (Å²) in [5.74, 6) is -1.35. The Kier molecular flexibility index (Phi) is 8.15. The second-order valence-electron chi connectivity index (χ2n) is 5.56. The molecule has 0 saturated heterocycles. The zero-order valence-electron chi connectivity index (χ0n) is 16.1. The van der Waals surface area contributed by atoms with Gasteiger partial charge in [-0.05, 0) is 6.92 Å². The van der Waals surface area contributed by atoms with Gasteiger partial charge < -0.3 is 14.2 Å². The Morgan fingerprint density at radius 2 is 1.93 bits per heavy atom. The molecular weight excluding hydrogens is 406 g/mol. The van der Waals surface area contributed by atoms with Crippen molar-refractivity contribution in [1.29, 1.82) is 0 Å². The minimum absolute atomic E-state index is 0.0223. The molecule has 158 valence electrons. The van der Waals surface area contributed by atoms with E-state index < -0.39 is 23.4 Å². The number of amides is 1. The number of fused-ring (bicyclic) bond motifs is 1. The second-order valence-corrected chi connectivity index (χ2v) is 6.50. The first-order chi connectivity index (χ1) is 13.8. The van der Waals surface area contributed by atoms with Crippen LogP contribution >= 0.6 is 11.8 Å². The maximum Gasteiger partial charge on any atom is 0.316 e. The van der Waals surface area contributed by atoms with Crippen molar-refractivity contribution >= 4 is 46.7 Å². The average Bonchev–Trinajstić information content (AvgIpc) is 2.97. The highest BCUT2D eigenvalue weighted by atomic mass is 32.2. The van der Waals surface area contributed by atoms with Crippen molar-refractivity contribution in [3.05, 3.63) is 10.4 Å². The molecule has 2 N–H and O–H groups in total. The summed E-state index contributed by atoms with van der Waals surface area (Å²) in [6.07, 6.45) is 0. The van der Waals surface area contributed by atoms with Crippen LogP contribution in [-0.2, 0) is 35.3 Å². The molecule has 0 spiro atoms. The lowest BCUT2D eigenvalue weighted by Crippen LogP contribution is -2.17. The largest absolute Gasteiger partial charge is 0.465 e. The number of H-pyrrole nitrogens is 1. The summed E-state index contributed by atoms with van der Waals surface area (Å²) in [6, 6.07) is 0. The molecule has 12 nitrogen and oxygen atoms in total. The van der Waals surface area contributed by atoms with Gasteiger partial charge in [0, 0.05) is 13.8 Å². The lowest BCUT2D eigenvalue weighted by atomic mass is 10.5. The number of hydrogen-bond donors (Lipinski definition) is 2. The van der Waals surface area contributed by atoms with E-state index >= 15 is 0 Å². The summed E-state index contributed by atoms with van der Waals surface area (Å²) in [6.45, 7) is 4.59. The van der Waals surface area contributed by atoms with E-state index in [1.165, 1.54) is 18.4 Å². The quantitative estimate of drug-likeness (QED) is 0.307. The molecule has 0 aliphatic carbocycles. The summed E-state index contributed by atoms with van der Waals surface area (Å²) >= 11 is 1.05. The fraction of sp³-hybridized carbons (Fsp3) is 0.500. The van der Waals surface area contributed by atoms with Crippen LogP contribution in [0.1, 0.15) is 20.8 Å². The van der Waals surface area contributed by atoms with E-state index in [-0.39, 0.29) is 49.4 Å². The molecule has 2 rings (SSSR count). The Morgan fingerprint density at radius 3 is 2.59 bits per heavy atom. The summed E-state index contributed by atoms with van der Waals surface area (Å²) in [5.41, 5.74) is -0.374. The number of carbonyl (C=O) groups excluding carboxylic acids is 3. The van der Waals surface area contributed by atoms with Crippen LogP contribution in [-0.4, -0.2) is 62.9 Å². The van der Waals surface area contributed by atoms with E-state index in [9.17, 15) is 19.2 Å². The number of aromatic amines is 1. The van der Waals surface area contributed by atoms with Gasteiger partial charge in [0.15, 0.2) is 16.3 Å². The predicted molar refractivity (Wildman–Crippen MR) is 102 cm³/mol. The lowest BCUT2D eigenvalue weighted by molar-refractivity contribution is -0.143. The number of anilines is 1. The topological polar surface area (TPSA) is 154 Å². The van der Waals surface area contributed by atoms with E-state index in [0.29, 0.717) is 5.16 Å². The number of nitrogens with zero attached hydrogens (tertiary/aromatic N) is 3. The number of esters is 2. The van der Waals surface area contributed by atoms with Crippen LogP contribution in [0.4, 0.5) is 5.95 Å². The Labute approximate surface area is 169 Å². The molecule has 0 aliphatic heterocycles. The average molecular weight is 427 g/mol. The number of rotatable bonds is 10. The highest BCUT2D eigenvalue weighted by Gasteiger charge is 2.18. The Hall–Kier alpha value is -2.93. The van der Waals surface area contributed by atoms with Gasteiger partial charge in [0.25, 0.3) is 5.56 Å². The van der Waals surface area contributed by atoms with Crippen molar-refractivity contribution < 1.29 is 28.6 Å². The first kappa shape index (κ1) is 22.4. The maximum absolute atomic E-state index is 12.3. The van der Waals surface area contributed by atoms with Crippen molar-refractivity contribution in [2.75, 3.05) is 30.9 Å². The third-order valence-electron chi connectivity index (χ3n) is 3.24. The van der Waals surface area contributed by atoms with Crippen molar-refractivity contribution in [3.8, 4) is 0 Å². The van der Waals surface area contributed by atoms with Crippen LogP contribution in [0.5, 0.6) is 0 Å². The highest BCUT2D eigenvalue weighted by molar-refractivity contribution is 7.99. The summed E-state index contributed by atoms with van der Waals surface area (Å²) < 4.78 is 16.6. The molecule has 2 aromatic heterocycles. The molecule has 0 atom stereocenters. The van der Waals surface area contributed by atoms with E-state index in [4.69, 9.17) is 14.2 Å². The molecule has 2 heterocycles. The molecule has 29 heavy (non-hydrogen) atoms. The van der Waals surface area contributed by atoms with E-state index in [2.05, 4.69) is 20.3 Å². The standard InChI is InChI=1S/C16H21N5O7S/c1-4-27-11(24)7-29-16-18-12-13(19-15(17-9(2)22)20-14(12)25)21(16)8-26-5-6-28-10(3)23/h4-8H2,1-3H3,(H2,17,19,20,22,25). The number of ether oxygens (including phenoxy) is 3. The first-order valence-corrected chi connectivity index (χ1v) is 9.58. The van der Waals surface area contributed by atoms with Gasteiger partial charge in [-0.3, -0.25) is 34.0 Å². The number of carbonyl (C=O) groups is 3. The number of hydrogen-bond acceptors (Lipinski definition) is 10.